The molecule has 6 rings (SSSR count). The van der Waals surface area contributed by atoms with Crippen molar-refractivity contribution in [1.82, 2.24) is 19.9 Å². The summed E-state index contributed by atoms with van der Waals surface area (Å²) in [4.78, 5) is 29.2. The minimum atomic E-state index is -0.929. The summed E-state index contributed by atoms with van der Waals surface area (Å²) in [5, 5.41) is 26.2. The molecule has 0 bridgehead atoms. The van der Waals surface area contributed by atoms with Gasteiger partial charge in [0.2, 0.25) is 0 Å². The maximum Gasteiger partial charge on any atom is 0.251 e. The van der Waals surface area contributed by atoms with Gasteiger partial charge in [-0.1, -0.05) is 11.3 Å². The molecule has 0 radical (unpaired) electrons. The normalized spacial score (nSPS) is 24.6. The summed E-state index contributed by atoms with van der Waals surface area (Å²) in [6, 6.07) is 2.38. The average molecular weight is 497 g/mol. The molecule has 4 N–H and O–H groups in total. The standard InChI is InChI=1S/C25H32N6O3S/c1-14(33)24(34)31-12-15-9-17(10-16(15)13-31)28-21-18-4-5-26-22(18)27-11-19(21)23-29-20-3-2-6-30(7-8-32)25(20)35-23/h4-5,11,14-17,32-33H,2-3,6-10,12-13H2,1H3,(H2,26,27,28)/t14-,15-,16+,17?/m0/s1. The lowest BCUT2D eigenvalue weighted by atomic mass is 10.0. The summed E-state index contributed by atoms with van der Waals surface area (Å²) in [5.74, 6) is 0.764. The van der Waals surface area contributed by atoms with E-state index in [1.165, 1.54) is 5.00 Å². The third-order valence-electron chi connectivity index (χ3n) is 7.76. The Balaban J connectivity index is 1.27. The molecule has 1 amide bonds. The highest BCUT2D eigenvalue weighted by Gasteiger charge is 2.43. The number of thiazole rings is 1. The van der Waals surface area contributed by atoms with Crippen molar-refractivity contribution >= 4 is 39.0 Å². The maximum absolute atomic E-state index is 12.2. The number of anilines is 2. The maximum atomic E-state index is 12.2. The largest absolute Gasteiger partial charge is 0.395 e. The molecule has 5 heterocycles. The van der Waals surface area contributed by atoms with Crippen LogP contribution in [0, 0.1) is 11.8 Å². The van der Waals surface area contributed by atoms with Gasteiger partial charge in [0.1, 0.15) is 21.8 Å². The van der Waals surface area contributed by atoms with Crippen LogP contribution in [0.15, 0.2) is 18.5 Å². The van der Waals surface area contributed by atoms with Crippen molar-refractivity contribution in [3.63, 3.8) is 0 Å². The number of hydrogen-bond donors (Lipinski definition) is 4. The SMILES string of the molecule is C[C@H](O)C(=O)N1C[C@H]2CC(Nc3c(-c4nc5c(s4)N(CCO)CCC5)cnc4[nH]ccc34)C[C@H]2C1. The fourth-order valence-corrected chi connectivity index (χ4v) is 7.31. The van der Waals surface area contributed by atoms with Crippen LogP contribution in [0.1, 0.15) is 31.9 Å². The van der Waals surface area contributed by atoms with Gasteiger partial charge in [0.05, 0.1) is 23.6 Å². The van der Waals surface area contributed by atoms with Crippen LogP contribution in [0.25, 0.3) is 21.6 Å². The minimum Gasteiger partial charge on any atom is -0.395 e. The summed E-state index contributed by atoms with van der Waals surface area (Å²) in [5.41, 5.74) is 4.05. The van der Waals surface area contributed by atoms with Crippen molar-refractivity contribution < 1.29 is 15.0 Å². The number of fused-ring (bicyclic) bond motifs is 3. The fraction of sp³-hybridized carbons (Fsp3) is 0.560. The van der Waals surface area contributed by atoms with Crippen LogP contribution in [0.3, 0.4) is 0 Å². The number of aryl methyl sites for hydroxylation is 1. The molecule has 0 spiro atoms. The molecule has 1 saturated carbocycles. The number of aromatic amines is 1. The van der Waals surface area contributed by atoms with E-state index in [4.69, 9.17) is 4.98 Å². The molecule has 1 unspecified atom stereocenters. The monoisotopic (exact) mass is 496 g/mol. The highest BCUT2D eigenvalue weighted by molar-refractivity contribution is 7.19. The molecule has 3 aromatic heterocycles. The predicted octanol–water partition coefficient (Wildman–Crippen LogP) is 2.46. The van der Waals surface area contributed by atoms with E-state index in [-0.39, 0.29) is 12.5 Å². The first-order valence-corrected chi connectivity index (χ1v) is 13.4. The van der Waals surface area contributed by atoms with Gasteiger partial charge in [-0.25, -0.2) is 9.97 Å². The molecule has 9 nitrogen and oxygen atoms in total. The smallest absolute Gasteiger partial charge is 0.251 e. The number of aliphatic hydroxyl groups is 2. The quantitative estimate of drug-likeness (QED) is 0.414. The van der Waals surface area contributed by atoms with Crippen LogP contribution in [-0.4, -0.2) is 80.9 Å². The van der Waals surface area contributed by atoms with Gasteiger partial charge in [-0.05, 0) is 50.5 Å². The van der Waals surface area contributed by atoms with Crippen LogP contribution in [0.4, 0.5) is 10.7 Å². The van der Waals surface area contributed by atoms with Crippen LogP contribution in [-0.2, 0) is 11.2 Å². The number of rotatable bonds is 6. The Morgan fingerprint density at radius 1 is 1.34 bits per heavy atom. The van der Waals surface area contributed by atoms with Gasteiger partial charge in [0, 0.05) is 50.0 Å². The first-order chi connectivity index (χ1) is 17.0. The zero-order valence-corrected chi connectivity index (χ0v) is 20.7. The van der Waals surface area contributed by atoms with E-state index in [1.54, 1.807) is 18.3 Å². The molecular weight excluding hydrogens is 464 g/mol. The Morgan fingerprint density at radius 3 is 2.89 bits per heavy atom. The third-order valence-corrected chi connectivity index (χ3v) is 8.95. The molecule has 35 heavy (non-hydrogen) atoms. The van der Waals surface area contributed by atoms with Gasteiger partial charge in [0.25, 0.3) is 5.91 Å². The number of hydrogen-bond acceptors (Lipinski definition) is 8. The van der Waals surface area contributed by atoms with Gasteiger partial charge in [-0.3, -0.25) is 4.79 Å². The molecule has 2 aliphatic heterocycles. The molecule has 4 atom stereocenters. The molecule has 186 valence electrons. The van der Waals surface area contributed by atoms with E-state index in [9.17, 15) is 15.0 Å². The van der Waals surface area contributed by atoms with E-state index >= 15 is 0 Å². The van der Waals surface area contributed by atoms with E-state index in [1.807, 2.05) is 17.3 Å². The molecule has 3 aliphatic rings. The lowest BCUT2D eigenvalue weighted by molar-refractivity contribution is -0.138. The molecule has 0 aromatic carbocycles. The van der Waals surface area contributed by atoms with Crippen molar-refractivity contribution in [2.75, 3.05) is 43.0 Å². The summed E-state index contributed by atoms with van der Waals surface area (Å²) >= 11 is 1.69. The second-order valence-corrected chi connectivity index (χ2v) is 11.1. The number of aliphatic hydroxyl groups excluding tert-OH is 2. The number of β-amino-alcohol motifs (C(OH)–C–C–N with tert-alkyl or cyclic N) is 1. The average Bonchev–Trinajstić information content (AvgIpc) is 3.61. The van der Waals surface area contributed by atoms with Gasteiger partial charge in [-0.15, -0.1) is 0 Å². The minimum absolute atomic E-state index is 0.139. The summed E-state index contributed by atoms with van der Waals surface area (Å²) in [7, 11) is 0. The lowest BCUT2D eigenvalue weighted by Crippen LogP contribution is -2.37. The first kappa shape index (κ1) is 22.8. The predicted molar refractivity (Wildman–Crippen MR) is 137 cm³/mol. The molecule has 10 heteroatoms. The van der Waals surface area contributed by atoms with Crippen LogP contribution in [0.2, 0.25) is 0 Å². The Hall–Kier alpha value is -2.69. The Bertz CT molecular complexity index is 1230. The van der Waals surface area contributed by atoms with Crippen molar-refractivity contribution in [2.24, 2.45) is 11.8 Å². The summed E-state index contributed by atoms with van der Waals surface area (Å²) in [6.07, 6.45) is 6.92. The van der Waals surface area contributed by atoms with Crippen LogP contribution >= 0.6 is 11.3 Å². The zero-order chi connectivity index (χ0) is 24.1. The third kappa shape index (κ3) is 4.07. The first-order valence-electron chi connectivity index (χ1n) is 12.6. The highest BCUT2D eigenvalue weighted by atomic mass is 32.1. The number of aromatic nitrogens is 3. The van der Waals surface area contributed by atoms with Crippen molar-refractivity contribution in [1.29, 1.82) is 0 Å². The van der Waals surface area contributed by atoms with E-state index in [0.717, 1.165) is 78.3 Å². The Kier molecular flexibility index (Phi) is 5.90. The highest BCUT2D eigenvalue weighted by Crippen LogP contribution is 2.44. The number of pyridine rings is 1. The number of carbonyl (C=O) groups is 1. The lowest BCUT2D eigenvalue weighted by Gasteiger charge is -2.26. The second-order valence-electron chi connectivity index (χ2n) is 10.1. The van der Waals surface area contributed by atoms with Gasteiger partial charge >= 0.3 is 0 Å². The summed E-state index contributed by atoms with van der Waals surface area (Å²) in [6.45, 7) is 4.74. The van der Waals surface area contributed by atoms with Crippen LogP contribution < -0.4 is 10.2 Å². The van der Waals surface area contributed by atoms with E-state index < -0.39 is 6.10 Å². The summed E-state index contributed by atoms with van der Waals surface area (Å²) < 4.78 is 0. The van der Waals surface area contributed by atoms with Crippen molar-refractivity contribution in [2.45, 2.75) is 44.8 Å². The second kappa shape index (κ2) is 9.07. The van der Waals surface area contributed by atoms with E-state index in [2.05, 4.69) is 26.3 Å². The molecule has 1 saturated heterocycles. The van der Waals surface area contributed by atoms with E-state index in [0.29, 0.717) is 24.4 Å². The zero-order valence-electron chi connectivity index (χ0n) is 19.9. The number of nitrogens with one attached hydrogen (secondary N) is 2. The Labute approximate surface area is 208 Å². The van der Waals surface area contributed by atoms with Gasteiger partial charge in [0.15, 0.2) is 0 Å². The number of amides is 1. The van der Waals surface area contributed by atoms with Crippen molar-refractivity contribution in [3.05, 3.63) is 24.2 Å². The molecule has 2 fully saturated rings. The number of nitrogens with zero attached hydrogens (tertiary/aromatic N) is 4. The number of carbonyl (C=O) groups excluding carboxylic acids is 1. The van der Waals surface area contributed by atoms with Gasteiger partial charge in [-0.2, -0.15) is 0 Å². The van der Waals surface area contributed by atoms with Crippen molar-refractivity contribution in [3.8, 4) is 10.6 Å². The molecule has 1 aliphatic carbocycles. The molecule has 3 aromatic rings. The number of H-pyrrole nitrogens is 1. The molecular formula is C25H32N6O3S. The number of likely N-dealkylation sites (tertiary alicyclic amines) is 1. The topological polar surface area (TPSA) is 118 Å². The Morgan fingerprint density at radius 2 is 2.14 bits per heavy atom. The van der Waals surface area contributed by atoms with Crippen LogP contribution in [0.5, 0.6) is 0 Å². The van der Waals surface area contributed by atoms with Gasteiger partial charge < -0.3 is 30.3 Å². The fourth-order valence-electron chi connectivity index (χ4n) is 6.13.